The van der Waals surface area contributed by atoms with Crippen LogP contribution in [0.2, 0.25) is 0 Å². The molecule has 0 aromatic heterocycles. The molecule has 3 heteroatoms. The van der Waals surface area contributed by atoms with Crippen molar-refractivity contribution in [3.63, 3.8) is 0 Å². The maximum Gasteiger partial charge on any atom is 0.127 e. The fourth-order valence-corrected chi connectivity index (χ4v) is 2.83. The lowest BCUT2D eigenvalue weighted by molar-refractivity contribution is 0.470. The van der Waals surface area contributed by atoms with Crippen LogP contribution in [0.4, 0.5) is 5.69 Å². The average Bonchev–Trinajstić information content (AvgIpc) is 2.49. The van der Waals surface area contributed by atoms with E-state index in [1.54, 1.807) is 6.21 Å². The lowest BCUT2D eigenvalue weighted by Gasteiger charge is -2.11. The number of aliphatic imine (C=N–C) groups is 1. The molecule has 0 aliphatic heterocycles. The van der Waals surface area contributed by atoms with Gasteiger partial charge >= 0.3 is 0 Å². The van der Waals surface area contributed by atoms with Gasteiger partial charge in [-0.25, -0.2) is 0 Å². The molecule has 1 atom stereocenters. The fraction of sp³-hybridized carbons (Fsp3) is 0.278. The number of phenolic OH excluding ortho intramolecular Hbond substituents is 1. The average molecular weight is 346 g/mol. The Labute approximate surface area is 134 Å². The zero-order chi connectivity index (χ0) is 15.4. The molecule has 1 N–H and O–H groups in total. The second-order valence-corrected chi connectivity index (χ2v) is 6.20. The van der Waals surface area contributed by atoms with E-state index in [-0.39, 0.29) is 5.75 Å². The first-order valence-corrected chi connectivity index (χ1v) is 7.94. The first-order chi connectivity index (χ1) is 10.0. The number of hydrogen-bond acceptors (Lipinski definition) is 2. The summed E-state index contributed by atoms with van der Waals surface area (Å²) < 4.78 is 0.939. The number of aromatic hydroxyl groups is 1. The molecule has 2 aromatic carbocycles. The number of halogens is 1. The molecule has 0 bridgehead atoms. The molecule has 0 unspecified atom stereocenters. The van der Waals surface area contributed by atoms with Gasteiger partial charge in [-0.2, -0.15) is 0 Å². The van der Waals surface area contributed by atoms with Crippen molar-refractivity contribution >= 4 is 27.8 Å². The van der Waals surface area contributed by atoms with E-state index < -0.39 is 0 Å². The molecule has 0 amide bonds. The highest BCUT2D eigenvalue weighted by Crippen LogP contribution is 2.30. The monoisotopic (exact) mass is 345 g/mol. The number of phenols is 1. The molecule has 0 aliphatic carbocycles. The molecule has 110 valence electrons. The summed E-state index contributed by atoms with van der Waals surface area (Å²) in [6.07, 6.45) is 2.81. The number of rotatable bonds is 4. The minimum absolute atomic E-state index is 0.281. The first kappa shape index (κ1) is 15.8. The predicted molar refractivity (Wildman–Crippen MR) is 92.9 cm³/mol. The van der Waals surface area contributed by atoms with Crippen LogP contribution in [0.1, 0.15) is 42.9 Å². The first-order valence-electron chi connectivity index (χ1n) is 7.15. The van der Waals surface area contributed by atoms with Gasteiger partial charge in [-0.1, -0.05) is 48.0 Å². The van der Waals surface area contributed by atoms with Gasteiger partial charge in [-0.3, -0.25) is 4.99 Å². The quantitative estimate of drug-likeness (QED) is 0.705. The van der Waals surface area contributed by atoms with E-state index in [9.17, 15) is 5.11 Å². The molecule has 21 heavy (non-hydrogen) atoms. The third-order valence-electron chi connectivity index (χ3n) is 3.72. The van der Waals surface area contributed by atoms with E-state index in [4.69, 9.17) is 0 Å². The molecule has 0 fully saturated rings. The molecule has 0 heterocycles. The summed E-state index contributed by atoms with van der Waals surface area (Å²) in [5, 5.41) is 10.1. The van der Waals surface area contributed by atoms with Gasteiger partial charge in [0, 0.05) is 16.3 Å². The van der Waals surface area contributed by atoms with Crippen molar-refractivity contribution in [3.05, 3.63) is 57.6 Å². The van der Waals surface area contributed by atoms with Crippen molar-refractivity contribution in [2.45, 2.75) is 33.1 Å². The Kier molecular flexibility index (Phi) is 5.18. The molecule has 2 nitrogen and oxygen atoms in total. The molecular weight excluding hydrogens is 326 g/mol. The zero-order valence-electron chi connectivity index (χ0n) is 12.6. The molecule has 0 saturated carbocycles. The SMILES string of the molecule is CC[C@@H](C)c1ccccc1N=Cc1cc(Br)cc(C)c1O. The van der Waals surface area contributed by atoms with Crippen LogP contribution in [0.3, 0.4) is 0 Å². The maximum absolute atomic E-state index is 10.1. The number of benzene rings is 2. The molecule has 0 aliphatic rings. The Hall–Kier alpha value is -1.61. The summed E-state index contributed by atoms with van der Waals surface area (Å²) >= 11 is 3.45. The number of aryl methyl sites for hydroxylation is 1. The second-order valence-electron chi connectivity index (χ2n) is 5.29. The lowest BCUT2D eigenvalue weighted by atomic mass is 9.97. The standard InChI is InChI=1S/C18H20BrNO/c1-4-12(2)16-7-5-6-8-17(16)20-11-14-10-15(19)9-13(3)18(14)21/h5-12,21H,4H2,1-3H3/t12-/m1/s1. The Balaban J connectivity index is 2.39. The van der Waals surface area contributed by atoms with E-state index in [1.165, 1.54) is 5.56 Å². The van der Waals surface area contributed by atoms with E-state index in [1.807, 2.05) is 37.3 Å². The Morgan fingerprint density at radius 3 is 2.71 bits per heavy atom. The number of nitrogens with zero attached hydrogens (tertiary/aromatic N) is 1. The number of hydrogen-bond donors (Lipinski definition) is 1. The van der Waals surface area contributed by atoms with Crippen LogP contribution in [-0.4, -0.2) is 11.3 Å². The van der Waals surface area contributed by atoms with Crippen molar-refractivity contribution in [2.24, 2.45) is 4.99 Å². The molecule has 2 rings (SSSR count). The van der Waals surface area contributed by atoms with Gasteiger partial charge in [0.2, 0.25) is 0 Å². The molecule has 0 saturated heterocycles. The van der Waals surface area contributed by atoms with Gasteiger partial charge in [0.25, 0.3) is 0 Å². The van der Waals surface area contributed by atoms with Crippen molar-refractivity contribution in [3.8, 4) is 5.75 Å². The van der Waals surface area contributed by atoms with Crippen molar-refractivity contribution < 1.29 is 5.11 Å². The van der Waals surface area contributed by atoms with Crippen LogP contribution in [0.5, 0.6) is 5.75 Å². The highest BCUT2D eigenvalue weighted by atomic mass is 79.9. The summed E-state index contributed by atoms with van der Waals surface area (Å²) in [6.45, 7) is 6.26. The normalized spacial score (nSPS) is 12.8. The summed E-state index contributed by atoms with van der Waals surface area (Å²) in [7, 11) is 0. The van der Waals surface area contributed by atoms with Crippen molar-refractivity contribution in [2.75, 3.05) is 0 Å². The largest absolute Gasteiger partial charge is 0.507 e. The minimum atomic E-state index is 0.281. The van der Waals surface area contributed by atoms with Crippen LogP contribution in [0.25, 0.3) is 0 Å². The minimum Gasteiger partial charge on any atom is -0.507 e. The van der Waals surface area contributed by atoms with Gasteiger partial charge in [0.15, 0.2) is 0 Å². The predicted octanol–water partition coefficient (Wildman–Crippen LogP) is 5.73. The zero-order valence-corrected chi connectivity index (χ0v) is 14.2. The maximum atomic E-state index is 10.1. The van der Waals surface area contributed by atoms with Crippen molar-refractivity contribution in [1.29, 1.82) is 0 Å². The van der Waals surface area contributed by atoms with Gasteiger partial charge in [-0.05, 0) is 48.6 Å². The Morgan fingerprint density at radius 1 is 1.29 bits per heavy atom. The number of para-hydroxylation sites is 1. The highest BCUT2D eigenvalue weighted by molar-refractivity contribution is 9.10. The highest BCUT2D eigenvalue weighted by Gasteiger charge is 2.08. The molecule has 0 spiro atoms. The van der Waals surface area contributed by atoms with Crippen LogP contribution in [0, 0.1) is 6.92 Å². The molecule has 2 aromatic rings. The Bertz CT molecular complexity index is 664. The van der Waals surface area contributed by atoms with Crippen LogP contribution >= 0.6 is 15.9 Å². The summed E-state index contributed by atoms with van der Waals surface area (Å²) in [6, 6.07) is 11.9. The molecular formula is C18H20BrNO. The van der Waals surface area contributed by atoms with Gasteiger partial charge in [0.05, 0.1) is 5.69 Å². The second kappa shape index (κ2) is 6.90. The fourth-order valence-electron chi connectivity index (χ4n) is 2.24. The summed E-state index contributed by atoms with van der Waals surface area (Å²) in [4.78, 5) is 4.58. The smallest absolute Gasteiger partial charge is 0.127 e. The van der Waals surface area contributed by atoms with Crippen LogP contribution < -0.4 is 0 Å². The third-order valence-corrected chi connectivity index (χ3v) is 4.18. The summed E-state index contributed by atoms with van der Waals surface area (Å²) in [5.74, 6) is 0.749. The van der Waals surface area contributed by atoms with E-state index in [0.717, 1.165) is 27.7 Å². The Morgan fingerprint density at radius 2 is 2.00 bits per heavy atom. The third kappa shape index (κ3) is 3.73. The van der Waals surface area contributed by atoms with Gasteiger partial charge in [-0.15, -0.1) is 0 Å². The van der Waals surface area contributed by atoms with Gasteiger partial charge in [0.1, 0.15) is 5.75 Å². The van der Waals surface area contributed by atoms with Crippen LogP contribution in [-0.2, 0) is 0 Å². The van der Waals surface area contributed by atoms with E-state index in [2.05, 4.69) is 40.8 Å². The lowest BCUT2D eigenvalue weighted by Crippen LogP contribution is -1.92. The van der Waals surface area contributed by atoms with E-state index >= 15 is 0 Å². The molecule has 0 radical (unpaired) electrons. The van der Waals surface area contributed by atoms with E-state index in [0.29, 0.717) is 5.92 Å². The topological polar surface area (TPSA) is 32.6 Å². The van der Waals surface area contributed by atoms with Crippen molar-refractivity contribution in [1.82, 2.24) is 0 Å². The van der Waals surface area contributed by atoms with Crippen LogP contribution in [0.15, 0.2) is 45.9 Å². The summed E-state index contributed by atoms with van der Waals surface area (Å²) in [5.41, 5.74) is 3.76. The van der Waals surface area contributed by atoms with Gasteiger partial charge < -0.3 is 5.11 Å².